The summed E-state index contributed by atoms with van der Waals surface area (Å²) in [6.07, 6.45) is -2.43. The molecular weight excluding hydrogens is 349 g/mol. The summed E-state index contributed by atoms with van der Waals surface area (Å²) in [5.74, 6) is -2.78. The minimum Gasteiger partial charge on any atom is -0.542 e. The molecule has 0 aliphatic carbocycles. The molecule has 0 bridgehead atoms. The molecule has 12 nitrogen and oxygen atoms in total. The van der Waals surface area contributed by atoms with Crippen LogP contribution in [0.25, 0.3) is 0 Å². The Morgan fingerprint density at radius 2 is 2.16 bits per heavy atom. The van der Waals surface area contributed by atoms with Crippen molar-refractivity contribution in [3.8, 4) is 0 Å². The number of aliphatic hydroxyl groups is 3. The van der Waals surface area contributed by atoms with Gasteiger partial charge in [-0.3, -0.25) is 4.79 Å². The number of carbonyl (C=O) groups excluding carboxylic acids is 2. The van der Waals surface area contributed by atoms with E-state index in [1.54, 1.807) is 0 Å². The normalized spacial score (nSPS) is 25.0. The van der Waals surface area contributed by atoms with E-state index >= 15 is 0 Å². The zero-order valence-corrected chi connectivity index (χ0v) is 15.5. The minimum absolute atomic E-state index is 0. The second kappa shape index (κ2) is 9.22. The number of ether oxygens (including phenoxy) is 1. The van der Waals surface area contributed by atoms with Gasteiger partial charge in [-0.1, -0.05) is 0 Å². The number of hydrogen-bond donors (Lipinski definition) is 4. The molecule has 0 aromatic carbocycles. The van der Waals surface area contributed by atoms with Crippen molar-refractivity contribution in [2.24, 2.45) is 0 Å². The summed E-state index contributed by atoms with van der Waals surface area (Å²) in [5.41, 5.74) is 0. The third-order valence-electron chi connectivity index (χ3n) is 3.47. The van der Waals surface area contributed by atoms with Gasteiger partial charge in [-0.15, -0.1) is 5.10 Å². The van der Waals surface area contributed by atoms with E-state index in [9.17, 15) is 24.9 Å². The van der Waals surface area contributed by atoms with Crippen LogP contribution in [0.5, 0.6) is 0 Å². The van der Waals surface area contributed by atoms with Crippen LogP contribution in [-0.4, -0.2) is 78.4 Å². The van der Waals surface area contributed by atoms with Crippen LogP contribution < -0.4 is 40.0 Å². The average molecular weight is 365 g/mol. The first-order chi connectivity index (χ1) is 11.3. The zero-order valence-electron chi connectivity index (χ0n) is 13.5. The second-order valence-corrected chi connectivity index (χ2v) is 5.15. The smallest absolute Gasteiger partial charge is 0.542 e. The fourth-order valence-electron chi connectivity index (χ4n) is 2.39. The van der Waals surface area contributed by atoms with Crippen molar-refractivity contribution >= 4 is 11.9 Å². The van der Waals surface area contributed by atoms with Crippen molar-refractivity contribution in [3.63, 3.8) is 0 Å². The SMILES string of the molecule is CC(=O)N[C@H]1[C@H]([C@H](O)[C@H](O)CO)OC(C(=O)[O-])=C[C@@H]1n1cnnn1.[Na+]. The Morgan fingerprint density at radius 3 is 2.64 bits per heavy atom. The van der Waals surface area contributed by atoms with Gasteiger partial charge in [0.15, 0.2) is 0 Å². The van der Waals surface area contributed by atoms with Gasteiger partial charge in [0.05, 0.1) is 12.6 Å². The maximum Gasteiger partial charge on any atom is 1.00 e. The fraction of sp³-hybridized carbons (Fsp3) is 0.583. The molecular formula is C12H16N5NaO7. The molecule has 1 aliphatic heterocycles. The van der Waals surface area contributed by atoms with Crippen LogP contribution in [0.2, 0.25) is 0 Å². The van der Waals surface area contributed by atoms with Crippen LogP contribution >= 0.6 is 0 Å². The van der Waals surface area contributed by atoms with Crippen molar-refractivity contribution in [2.75, 3.05) is 6.61 Å². The van der Waals surface area contributed by atoms with Crippen LogP contribution in [0.3, 0.4) is 0 Å². The predicted molar refractivity (Wildman–Crippen MR) is 71.5 cm³/mol. The largest absolute Gasteiger partial charge is 1.00 e. The van der Waals surface area contributed by atoms with E-state index in [-0.39, 0.29) is 29.6 Å². The van der Waals surface area contributed by atoms with Crippen molar-refractivity contribution in [3.05, 3.63) is 18.2 Å². The molecule has 1 amide bonds. The van der Waals surface area contributed by atoms with Crippen LogP contribution in [0, 0.1) is 0 Å². The fourth-order valence-corrected chi connectivity index (χ4v) is 2.39. The number of rotatable bonds is 6. The molecule has 1 aromatic heterocycles. The van der Waals surface area contributed by atoms with Gasteiger partial charge in [-0.05, 0) is 16.5 Å². The number of hydrogen-bond acceptors (Lipinski definition) is 10. The number of carboxylic acids is 1. The van der Waals surface area contributed by atoms with Gasteiger partial charge in [0, 0.05) is 6.92 Å². The molecule has 1 aliphatic rings. The molecule has 4 N–H and O–H groups in total. The molecule has 2 rings (SSSR count). The molecule has 2 heterocycles. The molecule has 25 heavy (non-hydrogen) atoms. The molecule has 0 radical (unpaired) electrons. The second-order valence-electron chi connectivity index (χ2n) is 5.15. The number of amides is 1. The molecule has 13 heteroatoms. The molecule has 5 atom stereocenters. The molecule has 0 spiro atoms. The van der Waals surface area contributed by atoms with Crippen LogP contribution in [-0.2, 0) is 14.3 Å². The first kappa shape index (κ1) is 21.5. The zero-order chi connectivity index (χ0) is 17.9. The summed E-state index contributed by atoms with van der Waals surface area (Å²) in [7, 11) is 0. The number of aliphatic carboxylic acids is 1. The van der Waals surface area contributed by atoms with Gasteiger partial charge in [0.25, 0.3) is 0 Å². The molecule has 1 aromatic rings. The third-order valence-corrected chi connectivity index (χ3v) is 3.47. The van der Waals surface area contributed by atoms with Gasteiger partial charge < -0.3 is 35.3 Å². The van der Waals surface area contributed by atoms with E-state index in [1.165, 1.54) is 13.3 Å². The summed E-state index contributed by atoms with van der Waals surface area (Å²) in [6.45, 7) is 0.411. The quantitative estimate of drug-likeness (QED) is 0.353. The number of carbonyl (C=O) groups is 2. The Balaban J connectivity index is 0.00000312. The van der Waals surface area contributed by atoms with E-state index < -0.39 is 54.6 Å². The van der Waals surface area contributed by atoms with Gasteiger partial charge in [0.1, 0.15) is 42.4 Å². The molecule has 0 saturated heterocycles. The Morgan fingerprint density at radius 1 is 1.48 bits per heavy atom. The maximum absolute atomic E-state index is 11.5. The number of nitrogens with zero attached hydrogens (tertiary/aromatic N) is 4. The number of tetrazole rings is 1. The van der Waals surface area contributed by atoms with Gasteiger partial charge in [-0.2, -0.15) is 0 Å². The topological polar surface area (TPSA) is 183 Å². The summed E-state index contributed by atoms with van der Waals surface area (Å²) in [5, 5.41) is 53.0. The van der Waals surface area contributed by atoms with E-state index in [4.69, 9.17) is 9.84 Å². The number of aliphatic hydroxyl groups excluding tert-OH is 3. The van der Waals surface area contributed by atoms with Gasteiger partial charge in [0.2, 0.25) is 5.91 Å². The first-order valence-electron chi connectivity index (χ1n) is 6.91. The van der Waals surface area contributed by atoms with E-state index in [0.29, 0.717) is 0 Å². The first-order valence-corrected chi connectivity index (χ1v) is 6.91. The summed E-state index contributed by atoms with van der Waals surface area (Å²) >= 11 is 0. The maximum atomic E-state index is 11.5. The Hall–Kier alpha value is -1.57. The predicted octanol–water partition coefficient (Wildman–Crippen LogP) is -7.53. The van der Waals surface area contributed by atoms with Crippen molar-refractivity contribution in [2.45, 2.75) is 37.3 Å². The van der Waals surface area contributed by atoms with Crippen molar-refractivity contribution in [1.29, 1.82) is 0 Å². The monoisotopic (exact) mass is 365 g/mol. The van der Waals surface area contributed by atoms with Crippen LogP contribution in [0.1, 0.15) is 13.0 Å². The minimum atomic E-state index is -1.70. The standard InChI is InChI=1S/C12H17N5O7.Na/c1-5(19)14-9-6(17-4-13-15-16-17)2-8(12(22)23)24-11(9)10(21)7(20)3-18;/h2,4,6-7,9-11,18,20-21H,3H2,1H3,(H,14,19)(H,22,23);/q;+1/p-1/t6-,7+,9+,10+,11+;/m0./s1. The molecule has 0 saturated carbocycles. The van der Waals surface area contributed by atoms with E-state index in [0.717, 1.165) is 10.8 Å². The van der Waals surface area contributed by atoms with Gasteiger partial charge >= 0.3 is 29.6 Å². The number of carboxylic acid groups (broad SMARTS) is 1. The third kappa shape index (κ3) is 4.96. The molecule has 0 unspecified atom stereocenters. The summed E-state index contributed by atoms with van der Waals surface area (Å²) < 4.78 is 6.31. The van der Waals surface area contributed by atoms with Crippen LogP contribution in [0.4, 0.5) is 0 Å². The Labute approximate surface area is 163 Å². The Kier molecular flexibility index (Phi) is 7.92. The van der Waals surface area contributed by atoms with E-state index in [1.807, 2.05) is 0 Å². The Bertz CT molecular complexity index is 625. The molecule has 0 fully saturated rings. The summed E-state index contributed by atoms with van der Waals surface area (Å²) in [4.78, 5) is 22.6. The summed E-state index contributed by atoms with van der Waals surface area (Å²) in [6, 6.07) is -1.96. The molecule has 132 valence electrons. The van der Waals surface area contributed by atoms with Crippen molar-refractivity contribution < 1.29 is 64.3 Å². The van der Waals surface area contributed by atoms with Gasteiger partial charge in [-0.25, -0.2) is 4.68 Å². The van der Waals surface area contributed by atoms with Crippen molar-refractivity contribution in [1.82, 2.24) is 25.5 Å². The average Bonchev–Trinajstić information content (AvgIpc) is 3.07. The van der Waals surface area contributed by atoms with E-state index in [2.05, 4.69) is 20.8 Å². The number of aromatic nitrogens is 4. The van der Waals surface area contributed by atoms with Crippen LogP contribution in [0.15, 0.2) is 18.2 Å². The number of nitrogens with one attached hydrogen (secondary N) is 1.